The molecule has 1 aliphatic rings. The zero-order valence-corrected chi connectivity index (χ0v) is 27.0. The summed E-state index contributed by atoms with van der Waals surface area (Å²) in [7, 11) is 3.24. The molecule has 230 valence electrons. The monoisotopic (exact) mass is 679 g/mol. The van der Waals surface area contributed by atoms with E-state index in [1.807, 2.05) is 47.4 Å². The van der Waals surface area contributed by atoms with Gasteiger partial charge in [-0.1, -0.05) is 52.0 Å². The highest BCUT2D eigenvalue weighted by Gasteiger charge is 2.24. The fraction of sp³-hybridized carbons (Fsp3) is 0.312. The van der Waals surface area contributed by atoms with Crippen molar-refractivity contribution < 1.29 is 19.1 Å². The van der Waals surface area contributed by atoms with Crippen LogP contribution in [0.25, 0.3) is 10.9 Å². The third-order valence-corrected chi connectivity index (χ3v) is 8.87. The first-order chi connectivity index (χ1) is 21.4. The largest absolute Gasteiger partial charge is 0.495 e. The van der Waals surface area contributed by atoms with Crippen LogP contribution in [0.3, 0.4) is 0 Å². The molecule has 0 spiro atoms. The summed E-state index contributed by atoms with van der Waals surface area (Å²) in [5.74, 6) is 0.774. The Bertz CT molecular complexity index is 1690. The molecular formula is C32H34BrN5O5S. The van der Waals surface area contributed by atoms with Crippen molar-refractivity contribution in [3.05, 3.63) is 92.7 Å². The minimum Gasteiger partial charge on any atom is -0.495 e. The van der Waals surface area contributed by atoms with E-state index >= 15 is 0 Å². The highest BCUT2D eigenvalue weighted by atomic mass is 79.9. The molecule has 0 unspecified atom stereocenters. The van der Waals surface area contributed by atoms with Gasteiger partial charge in [0, 0.05) is 49.9 Å². The van der Waals surface area contributed by atoms with Crippen molar-refractivity contribution in [2.75, 3.05) is 64.2 Å². The predicted octanol–water partition coefficient (Wildman–Crippen LogP) is 4.03. The van der Waals surface area contributed by atoms with Gasteiger partial charge in [0.05, 0.1) is 42.6 Å². The van der Waals surface area contributed by atoms with Crippen LogP contribution in [0.4, 0.5) is 5.69 Å². The number of carbonyl (C=O) groups excluding carboxylic acids is 2. The smallest absolute Gasteiger partial charge is 0.262 e. The molecule has 10 nitrogen and oxygen atoms in total. The van der Waals surface area contributed by atoms with E-state index in [4.69, 9.17) is 14.5 Å². The summed E-state index contributed by atoms with van der Waals surface area (Å²) < 4.78 is 12.9. The van der Waals surface area contributed by atoms with E-state index in [0.29, 0.717) is 61.0 Å². The molecule has 44 heavy (non-hydrogen) atoms. The Kier molecular flexibility index (Phi) is 10.6. The van der Waals surface area contributed by atoms with Crippen LogP contribution in [-0.4, -0.2) is 85.6 Å². The molecule has 2 amide bonds. The number of rotatable bonds is 11. The minimum atomic E-state index is -0.196. The average molecular weight is 681 g/mol. The standard InChI is InChI=1S/C32H34BrN5O5S/c1-42-18-13-34-30(40)23-9-7-22(8-10-23)20-38-31(41)25-19-24(33)11-12-26(25)35-32(38)44-21-29(39)37-16-14-36(15-17-37)27-5-3-4-6-28(27)43-2/h3-12,19H,13-18,20-21H2,1-2H3,(H,34,40). The number of ether oxygens (including phenoxy) is 2. The molecule has 0 radical (unpaired) electrons. The van der Waals surface area contributed by atoms with Crippen molar-refractivity contribution in [1.82, 2.24) is 19.8 Å². The number of anilines is 1. The lowest BCUT2D eigenvalue weighted by molar-refractivity contribution is -0.128. The van der Waals surface area contributed by atoms with Gasteiger partial charge in [0.25, 0.3) is 11.5 Å². The average Bonchev–Trinajstić information content (AvgIpc) is 3.05. The Labute approximate surface area is 268 Å². The van der Waals surface area contributed by atoms with Gasteiger partial charge in [0.15, 0.2) is 5.16 Å². The quantitative estimate of drug-likeness (QED) is 0.144. The van der Waals surface area contributed by atoms with E-state index in [2.05, 4.69) is 26.1 Å². The fourth-order valence-corrected chi connectivity index (χ4v) is 6.30. The normalized spacial score (nSPS) is 13.2. The van der Waals surface area contributed by atoms with Crippen LogP contribution in [0.2, 0.25) is 0 Å². The van der Waals surface area contributed by atoms with E-state index in [1.54, 1.807) is 43.1 Å². The molecule has 1 aromatic heterocycles. The van der Waals surface area contributed by atoms with Gasteiger partial charge in [-0.05, 0) is 48.0 Å². The van der Waals surface area contributed by atoms with E-state index in [9.17, 15) is 14.4 Å². The lowest BCUT2D eigenvalue weighted by Gasteiger charge is -2.36. The molecule has 1 fully saturated rings. The Hall–Kier alpha value is -3.87. The second-order valence-corrected chi connectivity index (χ2v) is 12.1. The first kappa shape index (κ1) is 31.6. The van der Waals surface area contributed by atoms with Crippen molar-refractivity contribution in [1.29, 1.82) is 0 Å². The summed E-state index contributed by atoms with van der Waals surface area (Å²) in [6.45, 7) is 3.68. The number of para-hydroxylation sites is 2. The molecule has 0 bridgehead atoms. The van der Waals surface area contributed by atoms with Crippen LogP contribution in [0.5, 0.6) is 5.75 Å². The summed E-state index contributed by atoms with van der Waals surface area (Å²) in [6, 6.07) is 20.4. The van der Waals surface area contributed by atoms with Crippen molar-refractivity contribution in [3.8, 4) is 5.75 Å². The highest BCUT2D eigenvalue weighted by Crippen LogP contribution is 2.29. The number of methoxy groups -OCH3 is 2. The topological polar surface area (TPSA) is 106 Å². The number of amides is 2. The van der Waals surface area contributed by atoms with Gasteiger partial charge < -0.3 is 24.6 Å². The van der Waals surface area contributed by atoms with Crippen LogP contribution in [-0.2, 0) is 16.1 Å². The molecule has 5 rings (SSSR count). The van der Waals surface area contributed by atoms with Crippen LogP contribution >= 0.6 is 27.7 Å². The number of carbonyl (C=O) groups is 2. The van der Waals surface area contributed by atoms with Gasteiger partial charge >= 0.3 is 0 Å². The second kappa shape index (κ2) is 14.7. The van der Waals surface area contributed by atoms with Crippen LogP contribution in [0.15, 0.2) is 81.2 Å². The molecule has 0 aliphatic carbocycles. The van der Waals surface area contributed by atoms with E-state index in [1.165, 1.54) is 11.8 Å². The van der Waals surface area contributed by atoms with Gasteiger partial charge in [0.2, 0.25) is 5.91 Å². The minimum absolute atomic E-state index is 0.00443. The van der Waals surface area contributed by atoms with E-state index in [0.717, 1.165) is 21.5 Å². The number of thioether (sulfide) groups is 1. The van der Waals surface area contributed by atoms with Crippen molar-refractivity contribution >= 4 is 56.1 Å². The summed E-state index contributed by atoms with van der Waals surface area (Å²) in [6.07, 6.45) is 0. The number of halogens is 1. The van der Waals surface area contributed by atoms with Crippen LogP contribution in [0, 0.1) is 0 Å². The van der Waals surface area contributed by atoms with Crippen molar-refractivity contribution in [2.45, 2.75) is 11.7 Å². The van der Waals surface area contributed by atoms with E-state index < -0.39 is 0 Å². The zero-order chi connectivity index (χ0) is 31.1. The maximum atomic E-state index is 13.7. The number of hydrogen-bond acceptors (Lipinski definition) is 8. The van der Waals surface area contributed by atoms with Gasteiger partial charge in [-0.2, -0.15) is 0 Å². The lowest BCUT2D eigenvalue weighted by Crippen LogP contribution is -2.49. The third kappa shape index (κ3) is 7.43. The molecule has 4 aromatic rings. The molecule has 3 aromatic carbocycles. The Balaban J connectivity index is 1.30. The van der Waals surface area contributed by atoms with Crippen LogP contribution < -0.4 is 20.5 Å². The third-order valence-electron chi connectivity index (χ3n) is 7.41. The molecular weight excluding hydrogens is 646 g/mol. The fourth-order valence-electron chi connectivity index (χ4n) is 5.04. The molecule has 12 heteroatoms. The van der Waals surface area contributed by atoms with Gasteiger partial charge in [-0.25, -0.2) is 4.98 Å². The SMILES string of the molecule is COCCNC(=O)c1ccc(Cn2c(SCC(=O)N3CCN(c4ccccc4OC)CC3)nc3ccc(Br)cc3c2=O)cc1. The number of nitrogens with one attached hydrogen (secondary N) is 1. The Morgan fingerprint density at radius 2 is 1.75 bits per heavy atom. The predicted molar refractivity (Wildman–Crippen MR) is 176 cm³/mol. The second-order valence-electron chi connectivity index (χ2n) is 10.2. The van der Waals surface area contributed by atoms with Crippen LogP contribution in [0.1, 0.15) is 15.9 Å². The summed E-state index contributed by atoms with van der Waals surface area (Å²) in [5.41, 5.74) is 2.74. The van der Waals surface area contributed by atoms with Gasteiger partial charge in [-0.3, -0.25) is 19.0 Å². The number of nitrogens with zero attached hydrogens (tertiary/aromatic N) is 4. The molecule has 1 aliphatic heterocycles. The molecule has 0 atom stereocenters. The highest BCUT2D eigenvalue weighted by molar-refractivity contribution is 9.10. The Morgan fingerprint density at radius 3 is 2.48 bits per heavy atom. The van der Waals surface area contributed by atoms with Crippen molar-refractivity contribution in [3.63, 3.8) is 0 Å². The number of aromatic nitrogens is 2. The summed E-state index contributed by atoms with van der Waals surface area (Å²) in [4.78, 5) is 48.2. The number of benzene rings is 3. The summed E-state index contributed by atoms with van der Waals surface area (Å²) >= 11 is 4.72. The van der Waals surface area contributed by atoms with E-state index in [-0.39, 0.29) is 29.7 Å². The molecule has 0 saturated carbocycles. The molecule has 1 N–H and O–H groups in total. The maximum Gasteiger partial charge on any atom is 0.262 e. The molecule has 1 saturated heterocycles. The van der Waals surface area contributed by atoms with Gasteiger partial charge in [-0.15, -0.1) is 0 Å². The number of fused-ring (bicyclic) bond motifs is 1. The Morgan fingerprint density at radius 1 is 1.00 bits per heavy atom. The first-order valence-electron chi connectivity index (χ1n) is 14.2. The van der Waals surface area contributed by atoms with Gasteiger partial charge in [0.1, 0.15) is 5.75 Å². The number of piperazine rings is 1. The number of hydrogen-bond donors (Lipinski definition) is 1. The summed E-state index contributed by atoms with van der Waals surface area (Å²) in [5, 5.41) is 3.75. The maximum absolute atomic E-state index is 13.7. The lowest BCUT2D eigenvalue weighted by atomic mass is 10.1. The zero-order valence-electron chi connectivity index (χ0n) is 24.6. The first-order valence-corrected chi connectivity index (χ1v) is 16.0. The van der Waals surface area contributed by atoms with Crippen molar-refractivity contribution in [2.24, 2.45) is 0 Å². The molecule has 2 heterocycles.